The van der Waals surface area contributed by atoms with Crippen LogP contribution in [0.1, 0.15) is 0 Å². The van der Waals surface area contributed by atoms with Gasteiger partial charge < -0.3 is 4.57 Å². The summed E-state index contributed by atoms with van der Waals surface area (Å²) in [7, 11) is 0. The number of hydrogen-bond acceptors (Lipinski definition) is 2. The van der Waals surface area contributed by atoms with Crippen molar-refractivity contribution in [2.75, 3.05) is 0 Å². The molecule has 8 aromatic carbocycles. The molecule has 0 amide bonds. The monoisotopic (exact) mass is 662 g/mol. The van der Waals surface area contributed by atoms with Gasteiger partial charge in [0.25, 0.3) is 0 Å². The van der Waals surface area contributed by atoms with Crippen molar-refractivity contribution in [1.82, 2.24) is 19.1 Å². The first-order valence-electron chi connectivity index (χ1n) is 17.7. The molecule has 0 saturated heterocycles. The summed E-state index contributed by atoms with van der Waals surface area (Å²) in [5.41, 5.74) is 10.9. The van der Waals surface area contributed by atoms with Crippen LogP contribution in [-0.4, -0.2) is 19.1 Å². The lowest BCUT2D eigenvalue weighted by atomic mass is 10.0. The fourth-order valence-corrected chi connectivity index (χ4v) is 8.17. The van der Waals surface area contributed by atoms with Crippen LogP contribution in [0, 0.1) is 0 Å². The molecule has 3 aromatic heterocycles. The Labute approximate surface area is 299 Å². The maximum atomic E-state index is 5.40. The summed E-state index contributed by atoms with van der Waals surface area (Å²) in [5.74, 6) is 0.653. The van der Waals surface area contributed by atoms with Crippen LogP contribution in [0.4, 0.5) is 0 Å². The lowest BCUT2D eigenvalue weighted by Crippen LogP contribution is -2.03. The molecular weight excluding hydrogens is 633 g/mol. The molecule has 0 aliphatic heterocycles. The first-order valence-corrected chi connectivity index (χ1v) is 17.7. The molecule has 0 aliphatic rings. The van der Waals surface area contributed by atoms with Gasteiger partial charge in [0.15, 0.2) is 0 Å². The highest BCUT2D eigenvalue weighted by Gasteiger charge is 2.20. The van der Waals surface area contributed by atoms with Crippen LogP contribution < -0.4 is 0 Å². The van der Waals surface area contributed by atoms with Crippen molar-refractivity contribution in [2.45, 2.75) is 0 Å². The third-order valence-electron chi connectivity index (χ3n) is 10.5. The van der Waals surface area contributed by atoms with E-state index in [0.717, 1.165) is 44.3 Å². The topological polar surface area (TPSA) is 35.6 Å². The van der Waals surface area contributed by atoms with Crippen molar-refractivity contribution in [3.63, 3.8) is 0 Å². The summed E-state index contributed by atoms with van der Waals surface area (Å²) < 4.78 is 4.64. The first kappa shape index (κ1) is 28.8. The van der Waals surface area contributed by atoms with E-state index in [1.54, 1.807) is 0 Å². The zero-order valence-electron chi connectivity index (χ0n) is 28.1. The van der Waals surface area contributed by atoms with E-state index in [0.29, 0.717) is 5.95 Å². The largest absolute Gasteiger partial charge is 0.309 e. The zero-order valence-corrected chi connectivity index (χ0v) is 28.1. The Bertz CT molecular complexity index is 3120. The molecule has 3 heterocycles. The Balaban J connectivity index is 1.19. The second-order valence-electron chi connectivity index (χ2n) is 13.4. The molecule has 0 atom stereocenters. The normalized spacial score (nSPS) is 11.8. The van der Waals surface area contributed by atoms with Gasteiger partial charge in [0.05, 0.1) is 33.3 Å². The second-order valence-corrected chi connectivity index (χ2v) is 13.4. The molecule has 242 valence electrons. The second kappa shape index (κ2) is 11.2. The number of nitrogens with zero attached hydrogens (tertiary/aromatic N) is 4. The highest BCUT2D eigenvalue weighted by atomic mass is 15.2. The minimum Gasteiger partial charge on any atom is -0.309 e. The van der Waals surface area contributed by atoms with Gasteiger partial charge in [-0.05, 0) is 64.4 Å². The van der Waals surface area contributed by atoms with Crippen molar-refractivity contribution >= 4 is 65.3 Å². The van der Waals surface area contributed by atoms with Gasteiger partial charge in [0, 0.05) is 38.2 Å². The fraction of sp³-hybridized carbons (Fsp3) is 0. The Morgan fingerprint density at radius 3 is 1.69 bits per heavy atom. The van der Waals surface area contributed by atoms with Crippen LogP contribution >= 0.6 is 0 Å². The molecule has 0 radical (unpaired) electrons. The first-order chi connectivity index (χ1) is 25.8. The molecule has 4 nitrogen and oxygen atoms in total. The van der Waals surface area contributed by atoms with Crippen molar-refractivity contribution < 1.29 is 0 Å². The molecular formula is C48H30N4. The van der Waals surface area contributed by atoms with Gasteiger partial charge in [-0.1, -0.05) is 140 Å². The van der Waals surface area contributed by atoms with Crippen LogP contribution in [0.15, 0.2) is 182 Å². The van der Waals surface area contributed by atoms with Gasteiger partial charge in [-0.25, -0.2) is 9.97 Å². The Morgan fingerprint density at radius 1 is 0.346 bits per heavy atom. The van der Waals surface area contributed by atoms with Crippen molar-refractivity contribution in [2.24, 2.45) is 0 Å². The molecule has 0 spiro atoms. The van der Waals surface area contributed by atoms with Gasteiger partial charge >= 0.3 is 0 Å². The van der Waals surface area contributed by atoms with Crippen LogP contribution in [-0.2, 0) is 0 Å². The summed E-state index contributed by atoms with van der Waals surface area (Å²) >= 11 is 0. The lowest BCUT2D eigenvalue weighted by Gasteiger charge is -2.13. The van der Waals surface area contributed by atoms with E-state index >= 15 is 0 Å². The lowest BCUT2D eigenvalue weighted by molar-refractivity contribution is 1.01. The van der Waals surface area contributed by atoms with E-state index in [2.05, 4.69) is 191 Å². The van der Waals surface area contributed by atoms with E-state index in [-0.39, 0.29) is 0 Å². The molecule has 4 heteroatoms. The average molecular weight is 663 g/mol. The quantitative estimate of drug-likeness (QED) is 0.188. The van der Waals surface area contributed by atoms with E-state index in [1.165, 1.54) is 49.1 Å². The van der Waals surface area contributed by atoms with Crippen molar-refractivity contribution in [3.8, 4) is 34.0 Å². The third-order valence-corrected chi connectivity index (χ3v) is 10.5. The number of rotatable bonds is 4. The average Bonchev–Trinajstić information content (AvgIpc) is 3.74. The fourth-order valence-electron chi connectivity index (χ4n) is 8.17. The standard InChI is InChI=1S/C48H30N4/c1-2-12-31(13-3-1)32-22-24-34(25-23-32)47-39-18-6-9-19-41(39)49-48(50-47)52-44-29-27-35(30-40(44)46-36-15-5-4-14-33(36)26-28-45(46)52)51-42-20-10-7-16-37(42)38-17-8-11-21-43(38)51/h1-30H. The Kier molecular flexibility index (Phi) is 6.22. The number of benzene rings is 8. The van der Waals surface area contributed by atoms with Crippen molar-refractivity contribution in [3.05, 3.63) is 182 Å². The molecule has 11 rings (SSSR count). The molecule has 0 saturated carbocycles. The summed E-state index contributed by atoms with van der Waals surface area (Å²) in [4.78, 5) is 10.6. The molecule has 0 fully saturated rings. The minimum absolute atomic E-state index is 0.653. The summed E-state index contributed by atoms with van der Waals surface area (Å²) in [6.07, 6.45) is 0. The van der Waals surface area contributed by atoms with E-state index in [1.807, 2.05) is 0 Å². The smallest absolute Gasteiger partial charge is 0.235 e. The summed E-state index contributed by atoms with van der Waals surface area (Å²) in [5, 5.41) is 8.30. The number of aromatic nitrogens is 4. The van der Waals surface area contributed by atoms with Gasteiger partial charge in [0.2, 0.25) is 5.95 Å². The number of hydrogen-bond donors (Lipinski definition) is 0. The SMILES string of the molecule is c1ccc(-c2ccc(-c3nc(-n4c5ccc(-n6c7ccccc7c7ccccc76)cc5c5c6ccccc6ccc54)nc4ccccc34)cc2)cc1. The molecule has 0 unspecified atom stereocenters. The van der Waals surface area contributed by atoms with Gasteiger partial charge in [0.1, 0.15) is 0 Å². The van der Waals surface area contributed by atoms with Crippen LogP contribution in [0.2, 0.25) is 0 Å². The Hall–Kier alpha value is -7.04. The van der Waals surface area contributed by atoms with Gasteiger partial charge in [-0.3, -0.25) is 4.57 Å². The van der Waals surface area contributed by atoms with E-state index in [9.17, 15) is 0 Å². The van der Waals surface area contributed by atoms with Crippen LogP contribution in [0.5, 0.6) is 0 Å². The molecule has 11 aromatic rings. The number of fused-ring (bicyclic) bond motifs is 9. The highest BCUT2D eigenvalue weighted by molar-refractivity contribution is 6.22. The van der Waals surface area contributed by atoms with E-state index in [4.69, 9.17) is 9.97 Å². The summed E-state index contributed by atoms with van der Waals surface area (Å²) in [6.45, 7) is 0. The van der Waals surface area contributed by atoms with E-state index < -0.39 is 0 Å². The summed E-state index contributed by atoms with van der Waals surface area (Å²) in [6, 6.07) is 64.9. The molecule has 0 bridgehead atoms. The van der Waals surface area contributed by atoms with Crippen LogP contribution in [0.25, 0.3) is 99.3 Å². The minimum atomic E-state index is 0.653. The maximum Gasteiger partial charge on any atom is 0.235 e. The molecule has 52 heavy (non-hydrogen) atoms. The zero-order chi connectivity index (χ0) is 34.2. The van der Waals surface area contributed by atoms with Crippen molar-refractivity contribution in [1.29, 1.82) is 0 Å². The third kappa shape index (κ3) is 4.28. The number of para-hydroxylation sites is 3. The molecule has 0 aliphatic carbocycles. The molecule has 0 N–H and O–H groups in total. The van der Waals surface area contributed by atoms with Gasteiger partial charge in [-0.15, -0.1) is 0 Å². The predicted molar refractivity (Wildman–Crippen MR) is 217 cm³/mol. The van der Waals surface area contributed by atoms with Gasteiger partial charge in [-0.2, -0.15) is 0 Å². The Morgan fingerprint density at radius 2 is 0.923 bits per heavy atom. The predicted octanol–water partition coefficient (Wildman–Crippen LogP) is 12.3. The maximum absolute atomic E-state index is 5.40. The highest BCUT2D eigenvalue weighted by Crippen LogP contribution is 2.40. The van der Waals surface area contributed by atoms with Crippen LogP contribution in [0.3, 0.4) is 0 Å².